The maximum Gasteiger partial charge on any atom is 0.270 e. The number of carbonyl (C=O) groups is 2. The fraction of sp³-hybridized carbons (Fsp3) is 0.261. The molecule has 29 heavy (non-hydrogen) atoms. The number of carbonyl (C=O) groups excluding carboxylic acids is 2. The highest BCUT2D eigenvalue weighted by molar-refractivity contribution is 5.95. The maximum atomic E-state index is 13.1. The summed E-state index contributed by atoms with van der Waals surface area (Å²) in [4.78, 5) is 31.7. The molecule has 0 spiro atoms. The molecule has 3 aromatic rings. The lowest BCUT2D eigenvalue weighted by molar-refractivity contribution is -0.121. The number of aromatic nitrogens is 2. The second-order valence-electron chi connectivity index (χ2n) is 7.35. The van der Waals surface area contributed by atoms with Crippen molar-refractivity contribution in [3.63, 3.8) is 0 Å². The van der Waals surface area contributed by atoms with Crippen LogP contribution in [0.4, 0.5) is 5.69 Å². The van der Waals surface area contributed by atoms with Gasteiger partial charge in [0.15, 0.2) is 0 Å². The molecule has 0 saturated carbocycles. The minimum atomic E-state index is -0.0798. The number of rotatable bonds is 4. The molecule has 148 valence electrons. The molecular formula is C23H24N4O2. The van der Waals surface area contributed by atoms with E-state index in [4.69, 9.17) is 0 Å². The molecule has 6 nitrogen and oxygen atoms in total. The van der Waals surface area contributed by atoms with Gasteiger partial charge < -0.3 is 14.8 Å². The Morgan fingerprint density at radius 3 is 2.55 bits per heavy atom. The molecule has 6 heteroatoms. The van der Waals surface area contributed by atoms with Gasteiger partial charge in [0.05, 0.1) is 11.9 Å². The first-order valence-corrected chi connectivity index (χ1v) is 9.87. The lowest BCUT2D eigenvalue weighted by Gasteiger charge is -2.31. The summed E-state index contributed by atoms with van der Waals surface area (Å²) in [5.41, 5.74) is 3.36. The molecule has 1 fully saturated rings. The molecule has 0 radical (unpaired) electrons. The van der Waals surface area contributed by atoms with E-state index in [1.807, 2.05) is 71.1 Å². The van der Waals surface area contributed by atoms with E-state index >= 15 is 0 Å². The smallest absolute Gasteiger partial charge is 0.270 e. The van der Waals surface area contributed by atoms with Crippen LogP contribution in [0.1, 0.15) is 28.9 Å². The molecule has 0 atom stereocenters. The van der Waals surface area contributed by atoms with E-state index in [0.29, 0.717) is 31.6 Å². The van der Waals surface area contributed by atoms with Crippen molar-refractivity contribution in [2.45, 2.75) is 19.8 Å². The number of nitrogens with zero attached hydrogens (tertiary/aromatic N) is 3. The molecule has 0 aliphatic carbocycles. The number of benzene rings is 1. The molecule has 1 saturated heterocycles. The summed E-state index contributed by atoms with van der Waals surface area (Å²) in [7, 11) is 0. The first kappa shape index (κ1) is 18.9. The van der Waals surface area contributed by atoms with E-state index in [1.54, 1.807) is 12.4 Å². The van der Waals surface area contributed by atoms with Crippen LogP contribution in [0, 0.1) is 12.8 Å². The third-order valence-electron chi connectivity index (χ3n) is 5.45. The predicted octanol–water partition coefficient (Wildman–Crippen LogP) is 3.67. The second kappa shape index (κ2) is 8.31. The molecule has 2 aromatic heterocycles. The Morgan fingerprint density at radius 1 is 1.03 bits per heavy atom. The van der Waals surface area contributed by atoms with Gasteiger partial charge in [0, 0.05) is 37.1 Å². The lowest BCUT2D eigenvalue weighted by atomic mass is 9.95. The van der Waals surface area contributed by atoms with Crippen LogP contribution in [0.25, 0.3) is 5.69 Å². The Morgan fingerprint density at radius 2 is 1.83 bits per heavy atom. The number of likely N-dealkylation sites (tertiary alicyclic amines) is 1. The molecule has 0 bridgehead atoms. The second-order valence-corrected chi connectivity index (χ2v) is 7.35. The summed E-state index contributed by atoms with van der Waals surface area (Å²) in [6.45, 7) is 3.13. The molecule has 0 unspecified atom stereocenters. The largest absolute Gasteiger partial charge is 0.337 e. The number of nitrogens with one attached hydrogen (secondary N) is 1. The number of anilines is 1. The van der Waals surface area contributed by atoms with Gasteiger partial charge in [-0.25, -0.2) is 0 Å². The SMILES string of the molecule is Cc1ccccc1NC(=O)C1CCN(C(=O)c2cccn2-c2cccnc2)CC1. The highest BCUT2D eigenvalue weighted by Crippen LogP contribution is 2.23. The normalized spacial score (nSPS) is 14.6. The molecule has 4 rings (SSSR count). The van der Waals surface area contributed by atoms with Gasteiger partial charge in [-0.05, 0) is 55.7 Å². The van der Waals surface area contributed by atoms with Crippen LogP contribution in [0.2, 0.25) is 0 Å². The zero-order valence-electron chi connectivity index (χ0n) is 16.4. The number of para-hydroxylation sites is 1. The molecule has 1 aromatic carbocycles. The Bertz CT molecular complexity index is 1000. The van der Waals surface area contributed by atoms with Crippen LogP contribution in [0.3, 0.4) is 0 Å². The standard InChI is InChI=1S/C23H24N4O2/c1-17-6-2-3-8-20(17)25-22(28)18-10-14-26(15-11-18)23(29)21-9-5-13-27(21)19-7-4-12-24-16-19/h2-9,12-13,16,18H,10-11,14-15H2,1H3,(H,25,28). The Kier molecular flexibility index (Phi) is 5.42. The summed E-state index contributed by atoms with van der Waals surface area (Å²) in [5.74, 6) is -0.0643. The van der Waals surface area contributed by atoms with E-state index in [2.05, 4.69) is 10.3 Å². The van der Waals surface area contributed by atoms with Gasteiger partial charge in [0.2, 0.25) is 5.91 Å². The van der Waals surface area contributed by atoms with Gasteiger partial charge in [0.1, 0.15) is 5.69 Å². The number of hydrogen-bond donors (Lipinski definition) is 1. The van der Waals surface area contributed by atoms with Crippen LogP contribution >= 0.6 is 0 Å². The van der Waals surface area contributed by atoms with Gasteiger partial charge >= 0.3 is 0 Å². The van der Waals surface area contributed by atoms with Crippen LogP contribution in [-0.2, 0) is 4.79 Å². The highest BCUT2D eigenvalue weighted by atomic mass is 16.2. The van der Waals surface area contributed by atoms with Crippen molar-refractivity contribution in [2.24, 2.45) is 5.92 Å². The number of aryl methyl sites for hydroxylation is 1. The van der Waals surface area contributed by atoms with Crippen LogP contribution in [0.5, 0.6) is 0 Å². The average molecular weight is 388 g/mol. The first-order valence-electron chi connectivity index (χ1n) is 9.87. The van der Waals surface area contributed by atoms with Gasteiger partial charge in [-0.1, -0.05) is 18.2 Å². The molecule has 1 N–H and O–H groups in total. The summed E-state index contributed by atoms with van der Waals surface area (Å²) < 4.78 is 1.85. The Balaban J connectivity index is 1.39. The lowest BCUT2D eigenvalue weighted by Crippen LogP contribution is -2.42. The molecule has 1 aliphatic heterocycles. The molecule has 2 amide bonds. The van der Waals surface area contributed by atoms with Crippen molar-refractivity contribution in [3.05, 3.63) is 78.4 Å². The topological polar surface area (TPSA) is 67.2 Å². The maximum absolute atomic E-state index is 13.1. The van der Waals surface area contributed by atoms with E-state index < -0.39 is 0 Å². The zero-order chi connectivity index (χ0) is 20.2. The van der Waals surface area contributed by atoms with E-state index in [1.165, 1.54) is 0 Å². The van der Waals surface area contributed by atoms with Crippen molar-refractivity contribution < 1.29 is 9.59 Å². The van der Waals surface area contributed by atoms with Crippen molar-refractivity contribution in [2.75, 3.05) is 18.4 Å². The third-order valence-corrected chi connectivity index (χ3v) is 5.45. The number of pyridine rings is 1. The van der Waals surface area contributed by atoms with Crippen LogP contribution in [0.15, 0.2) is 67.1 Å². The third kappa shape index (κ3) is 4.06. The van der Waals surface area contributed by atoms with E-state index in [0.717, 1.165) is 16.9 Å². The highest BCUT2D eigenvalue weighted by Gasteiger charge is 2.29. The number of piperidine rings is 1. The summed E-state index contributed by atoms with van der Waals surface area (Å²) in [6, 6.07) is 15.2. The van der Waals surface area contributed by atoms with Crippen molar-refractivity contribution in [3.8, 4) is 5.69 Å². The van der Waals surface area contributed by atoms with Gasteiger partial charge in [-0.2, -0.15) is 0 Å². The van der Waals surface area contributed by atoms with E-state index in [9.17, 15) is 9.59 Å². The van der Waals surface area contributed by atoms with Crippen molar-refractivity contribution in [1.29, 1.82) is 0 Å². The minimum absolute atomic E-state index is 0.0170. The Hall–Kier alpha value is -3.41. The fourth-order valence-corrected chi connectivity index (χ4v) is 3.73. The van der Waals surface area contributed by atoms with Gasteiger partial charge in [-0.15, -0.1) is 0 Å². The zero-order valence-corrected chi connectivity index (χ0v) is 16.4. The monoisotopic (exact) mass is 388 g/mol. The van der Waals surface area contributed by atoms with Crippen LogP contribution < -0.4 is 5.32 Å². The molecule has 3 heterocycles. The van der Waals surface area contributed by atoms with Gasteiger partial charge in [0.25, 0.3) is 5.91 Å². The molecular weight excluding hydrogens is 364 g/mol. The van der Waals surface area contributed by atoms with Gasteiger partial charge in [-0.3, -0.25) is 14.6 Å². The van der Waals surface area contributed by atoms with Crippen molar-refractivity contribution in [1.82, 2.24) is 14.5 Å². The minimum Gasteiger partial charge on any atom is -0.337 e. The molecule has 1 aliphatic rings. The first-order chi connectivity index (χ1) is 14.1. The van der Waals surface area contributed by atoms with Crippen LogP contribution in [-0.4, -0.2) is 39.4 Å². The fourth-order valence-electron chi connectivity index (χ4n) is 3.73. The number of amides is 2. The number of hydrogen-bond acceptors (Lipinski definition) is 3. The quantitative estimate of drug-likeness (QED) is 0.742. The predicted molar refractivity (Wildman–Crippen MR) is 112 cm³/mol. The average Bonchev–Trinajstić information content (AvgIpc) is 3.25. The Labute approximate surface area is 170 Å². The summed E-state index contributed by atoms with van der Waals surface area (Å²) >= 11 is 0. The van der Waals surface area contributed by atoms with Crippen molar-refractivity contribution >= 4 is 17.5 Å². The summed E-state index contributed by atoms with van der Waals surface area (Å²) in [5, 5.41) is 3.03. The van der Waals surface area contributed by atoms with E-state index in [-0.39, 0.29) is 17.7 Å². The summed E-state index contributed by atoms with van der Waals surface area (Å²) in [6.07, 6.45) is 6.64.